The fourth-order valence-electron chi connectivity index (χ4n) is 2.30. The Hall–Kier alpha value is -1.21. The molecule has 0 bridgehead atoms. The van der Waals surface area contributed by atoms with Crippen LogP contribution >= 0.6 is 23.7 Å². The molecule has 0 aliphatic carbocycles. The average Bonchev–Trinajstić information content (AvgIpc) is 2.88. The monoisotopic (exact) mass is 327 g/mol. The van der Waals surface area contributed by atoms with Gasteiger partial charge in [0.05, 0.1) is 29.5 Å². The summed E-state index contributed by atoms with van der Waals surface area (Å²) in [6.07, 6.45) is -0.0980. The summed E-state index contributed by atoms with van der Waals surface area (Å²) >= 11 is 1.61. The Bertz CT molecular complexity index is 586. The van der Waals surface area contributed by atoms with Gasteiger partial charge in [-0.15, -0.1) is 23.7 Å². The van der Waals surface area contributed by atoms with Gasteiger partial charge in [0, 0.05) is 6.54 Å². The van der Waals surface area contributed by atoms with Gasteiger partial charge < -0.3 is 15.4 Å². The quantitative estimate of drug-likeness (QED) is 0.901. The van der Waals surface area contributed by atoms with Gasteiger partial charge in [-0.05, 0) is 19.1 Å². The van der Waals surface area contributed by atoms with Gasteiger partial charge in [-0.1, -0.05) is 12.1 Å². The Morgan fingerprint density at radius 1 is 1.52 bits per heavy atom. The van der Waals surface area contributed by atoms with Crippen LogP contribution in [0.3, 0.4) is 0 Å². The Labute approximate surface area is 133 Å². The number of rotatable bonds is 3. The maximum absolute atomic E-state index is 12.1. The maximum Gasteiger partial charge on any atom is 0.240 e. The highest BCUT2D eigenvalue weighted by Gasteiger charge is 2.28. The number of fused-ring (bicyclic) bond motifs is 1. The van der Waals surface area contributed by atoms with E-state index in [4.69, 9.17) is 4.74 Å². The van der Waals surface area contributed by atoms with E-state index in [0.717, 1.165) is 15.2 Å². The lowest BCUT2D eigenvalue weighted by Crippen LogP contribution is -2.55. The molecule has 2 atom stereocenters. The summed E-state index contributed by atoms with van der Waals surface area (Å²) in [7, 11) is 0. The minimum atomic E-state index is -0.280. The van der Waals surface area contributed by atoms with Crippen LogP contribution in [0.25, 0.3) is 10.2 Å². The molecule has 1 aromatic heterocycles. The number of para-hydroxylation sites is 1. The second kappa shape index (κ2) is 7.17. The fourth-order valence-corrected chi connectivity index (χ4v) is 3.20. The molecule has 1 aliphatic heterocycles. The second-order valence-electron chi connectivity index (χ2n) is 4.80. The number of carbonyl (C=O) groups excluding carboxylic acids is 1. The lowest BCUT2D eigenvalue weighted by Gasteiger charge is -2.29. The predicted octanol–water partition coefficient (Wildman–Crippen LogP) is 1.71. The van der Waals surface area contributed by atoms with Crippen LogP contribution in [0.2, 0.25) is 0 Å². The van der Waals surface area contributed by atoms with E-state index >= 15 is 0 Å². The SMILES string of the molecule is C[C@H]1OCCN[C@@H]1C(=O)NCc1nc2ccccc2s1.Cl. The standard InChI is InChI=1S/C14H17N3O2S.ClH/c1-9-13(15-6-7-19-9)14(18)16-8-12-17-10-4-2-3-5-11(10)20-12;/h2-5,9,13,15H,6-8H2,1H3,(H,16,18);1H/t9-,13+;/m1./s1. The van der Waals surface area contributed by atoms with Crippen molar-refractivity contribution in [2.24, 2.45) is 0 Å². The molecule has 21 heavy (non-hydrogen) atoms. The normalized spacial score (nSPS) is 21.8. The number of halogens is 1. The van der Waals surface area contributed by atoms with E-state index in [1.807, 2.05) is 31.2 Å². The minimum Gasteiger partial charge on any atom is -0.375 e. The molecule has 5 nitrogen and oxygen atoms in total. The van der Waals surface area contributed by atoms with Crippen molar-refractivity contribution in [3.63, 3.8) is 0 Å². The molecule has 2 heterocycles. The van der Waals surface area contributed by atoms with E-state index in [1.165, 1.54) is 0 Å². The van der Waals surface area contributed by atoms with Gasteiger partial charge in [-0.2, -0.15) is 0 Å². The molecule has 1 amide bonds. The van der Waals surface area contributed by atoms with Crippen molar-refractivity contribution in [2.45, 2.75) is 25.6 Å². The van der Waals surface area contributed by atoms with Gasteiger partial charge >= 0.3 is 0 Å². The number of morpholine rings is 1. The zero-order valence-corrected chi connectivity index (χ0v) is 13.3. The third-order valence-corrected chi connectivity index (χ3v) is 4.39. The maximum atomic E-state index is 12.1. The summed E-state index contributed by atoms with van der Waals surface area (Å²) in [5, 5.41) is 7.02. The van der Waals surface area contributed by atoms with Gasteiger partial charge in [0.25, 0.3) is 0 Å². The number of nitrogens with zero attached hydrogens (tertiary/aromatic N) is 1. The Morgan fingerprint density at radius 2 is 2.33 bits per heavy atom. The molecule has 3 rings (SSSR count). The summed E-state index contributed by atoms with van der Waals surface area (Å²) in [6.45, 7) is 3.74. The molecule has 0 radical (unpaired) electrons. The fraction of sp³-hybridized carbons (Fsp3) is 0.429. The van der Waals surface area contributed by atoms with Gasteiger partial charge in [-0.25, -0.2) is 4.98 Å². The highest BCUT2D eigenvalue weighted by molar-refractivity contribution is 7.18. The van der Waals surface area contributed by atoms with Crippen molar-refractivity contribution >= 4 is 39.9 Å². The first-order valence-electron chi connectivity index (χ1n) is 6.71. The molecule has 1 aliphatic rings. The van der Waals surface area contributed by atoms with Gasteiger partial charge in [0.2, 0.25) is 5.91 Å². The highest BCUT2D eigenvalue weighted by atomic mass is 35.5. The van der Waals surface area contributed by atoms with Gasteiger partial charge in [0.1, 0.15) is 11.0 Å². The van der Waals surface area contributed by atoms with Crippen LogP contribution in [0, 0.1) is 0 Å². The first kappa shape index (κ1) is 16.2. The molecule has 7 heteroatoms. The van der Waals surface area contributed by atoms with Crippen molar-refractivity contribution < 1.29 is 9.53 Å². The van der Waals surface area contributed by atoms with E-state index in [-0.39, 0.29) is 30.5 Å². The van der Waals surface area contributed by atoms with Crippen molar-refractivity contribution in [3.05, 3.63) is 29.3 Å². The molecule has 114 valence electrons. The molecule has 0 saturated carbocycles. The summed E-state index contributed by atoms with van der Waals surface area (Å²) in [5.41, 5.74) is 0.981. The summed E-state index contributed by atoms with van der Waals surface area (Å²) in [6, 6.07) is 7.70. The first-order valence-corrected chi connectivity index (χ1v) is 7.53. The number of carbonyl (C=O) groups is 1. The van der Waals surface area contributed by atoms with Crippen LogP contribution < -0.4 is 10.6 Å². The Morgan fingerprint density at radius 3 is 3.10 bits per heavy atom. The Balaban J connectivity index is 0.00000161. The number of amides is 1. The van der Waals surface area contributed by atoms with E-state index < -0.39 is 0 Å². The van der Waals surface area contributed by atoms with E-state index in [9.17, 15) is 4.79 Å². The lowest BCUT2D eigenvalue weighted by molar-refractivity contribution is -0.129. The summed E-state index contributed by atoms with van der Waals surface area (Å²) in [5.74, 6) is -0.0311. The van der Waals surface area contributed by atoms with Crippen LogP contribution in [0.15, 0.2) is 24.3 Å². The van der Waals surface area contributed by atoms with Crippen molar-refractivity contribution in [1.29, 1.82) is 0 Å². The van der Waals surface area contributed by atoms with Gasteiger partial charge in [0.15, 0.2) is 0 Å². The summed E-state index contributed by atoms with van der Waals surface area (Å²) in [4.78, 5) is 16.6. The van der Waals surface area contributed by atoms with Crippen LogP contribution in [-0.2, 0) is 16.1 Å². The van der Waals surface area contributed by atoms with Crippen LogP contribution in [-0.4, -0.2) is 36.2 Å². The molecule has 1 fully saturated rings. The molecular weight excluding hydrogens is 310 g/mol. The van der Waals surface area contributed by atoms with Crippen molar-refractivity contribution in [1.82, 2.24) is 15.6 Å². The topological polar surface area (TPSA) is 63.2 Å². The smallest absolute Gasteiger partial charge is 0.240 e. The number of ether oxygens (including phenoxy) is 1. The van der Waals surface area contributed by atoms with Gasteiger partial charge in [-0.3, -0.25) is 4.79 Å². The largest absolute Gasteiger partial charge is 0.375 e. The van der Waals surface area contributed by atoms with E-state index in [2.05, 4.69) is 15.6 Å². The third kappa shape index (κ3) is 3.71. The van der Waals surface area contributed by atoms with Crippen molar-refractivity contribution in [2.75, 3.05) is 13.2 Å². The summed E-state index contributed by atoms with van der Waals surface area (Å²) < 4.78 is 6.62. The van der Waals surface area contributed by atoms with Crippen molar-refractivity contribution in [3.8, 4) is 0 Å². The van der Waals surface area contributed by atoms with Crippen LogP contribution in [0.4, 0.5) is 0 Å². The van der Waals surface area contributed by atoms with E-state index in [1.54, 1.807) is 11.3 Å². The number of aromatic nitrogens is 1. The third-order valence-electron chi connectivity index (χ3n) is 3.35. The average molecular weight is 328 g/mol. The predicted molar refractivity (Wildman–Crippen MR) is 85.9 cm³/mol. The highest BCUT2D eigenvalue weighted by Crippen LogP contribution is 2.21. The minimum absolute atomic E-state index is 0. The van der Waals surface area contributed by atoms with E-state index in [0.29, 0.717) is 19.7 Å². The zero-order valence-electron chi connectivity index (χ0n) is 11.7. The van der Waals surface area contributed by atoms with Crippen LogP contribution in [0.1, 0.15) is 11.9 Å². The second-order valence-corrected chi connectivity index (χ2v) is 5.92. The Kier molecular flexibility index (Phi) is 5.52. The first-order chi connectivity index (χ1) is 9.74. The molecule has 2 aromatic rings. The molecule has 1 saturated heterocycles. The number of thiazole rings is 1. The zero-order chi connectivity index (χ0) is 13.9. The van der Waals surface area contributed by atoms with Crippen LogP contribution in [0.5, 0.6) is 0 Å². The molecule has 0 spiro atoms. The molecular formula is C14H18ClN3O2S. The molecule has 0 unspecified atom stereocenters. The lowest BCUT2D eigenvalue weighted by atomic mass is 10.1. The molecule has 1 aromatic carbocycles. The molecule has 2 N–H and O–H groups in total. The number of benzene rings is 1. The number of hydrogen-bond donors (Lipinski definition) is 2. The number of nitrogens with one attached hydrogen (secondary N) is 2. The number of hydrogen-bond acceptors (Lipinski definition) is 5.